The number of rotatable bonds is 11. The van der Waals surface area contributed by atoms with Gasteiger partial charge in [-0.05, 0) is 49.9 Å². The number of likely N-dealkylation sites (tertiary alicyclic amines) is 1. The maximum absolute atomic E-state index is 14.8. The van der Waals surface area contributed by atoms with Gasteiger partial charge in [-0.3, -0.25) is 14.4 Å². The molecular weight excluding hydrogens is 626 g/mol. The number of amides is 3. The molecule has 3 heterocycles. The van der Waals surface area contributed by atoms with Crippen molar-refractivity contribution in [3.63, 3.8) is 0 Å². The van der Waals surface area contributed by atoms with Crippen molar-refractivity contribution in [1.29, 1.82) is 0 Å². The van der Waals surface area contributed by atoms with E-state index in [1.807, 2.05) is 62.4 Å². The van der Waals surface area contributed by atoms with Crippen molar-refractivity contribution in [3.8, 4) is 0 Å². The van der Waals surface area contributed by atoms with E-state index >= 15 is 0 Å². The Bertz CT molecular complexity index is 1420. The standard InChI is InChI=1S/C34H40BrN3O4S/c1-6-15-36(19-24-11-9-8-10-12-24)31(40)27-28-32(41)38(23(5)20-39)30(34(28)18-25(35)29(27)43-34)33(42)37(16-7-2)26-17-21(3)13-14-22(26)4/h6-14,17,23,25,27-30,39H,1-2,15-16,18-20H2,3-5H3/t23-,25?,27+,28+,29+,30?,34?/m1/s1. The van der Waals surface area contributed by atoms with Gasteiger partial charge in [0.2, 0.25) is 11.8 Å². The molecule has 3 saturated heterocycles. The first-order valence-corrected chi connectivity index (χ1v) is 16.6. The maximum atomic E-state index is 14.8. The number of benzene rings is 2. The highest BCUT2D eigenvalue weighted by molar-refractivity contribution is 9.09. The number of anilines is 1. The summed E-state index contributed by atoms with van der Waals surface area (Å²) in [5.74, 6) is -1.84. The molecule has 0 aliphatic carbocycles. The Balaban J connectivity index is 1.58. The zero-order chi connectivity index (χ0) is 31.1. The van der Waals surface area contributed by atoms with Gasteiger partial charge in [0.15, 0.2) is 0 Å². The third kappa shape index (κ3) is 5.38. The summed E-state index contributed by atoms with van der Waals surface area (Å²) < 4.78 is -0.819. The van der Waals surface area contributed by atoms with Crippen molar-refractivity contribution in [2.75, 3.05) is 24.6 Å². The SMILES string of the molecule is C=CCN(Cc1ccccc1)C(=O)[C@H]1[C@H]2C(=O)N([C@H](C)CO)C(C(=O)N(CC=C)c3cc(C)ccc3C)C23CC(Br)[C@@H]1S3. The number of carbonyl (C=O) groups is 3. The first-order valence-electron chi connectivity index (χ1n) is 14.8. The average Bonchev–Trinajstić information content (AvgIpc) is 3.59. The highest BCUT2D eigenvalue weighted by Gasteiger charge is 2.76. The molecule has 3 aliphatic heterocycles. The van der Waals surface area contributed by atoms with Gasteiger partial charge in [0.05, 0.1) is 29.2 Å². The lowest BCUT2D eigenvalue weighted by molar-refractivity contribution is -0.145. The fourth-order valence-electron chi connectivity index (χ4n) is 7.19. The van der Waals surface area contributed by atoms with Gasteiger partial charge in [-0.2, -0.15) is 0 Å². The minimum Gasteiger partial charge on any atom is -0.394 e. The van der Waals surface area contributed by atoms with Crippen LogP contribution in [0.25, 0.3) is 0 Å². The van der Waals surface area contributed by atoms with E-state index in [0.29, 0.717) is 19.5 Å². The zero-order valence-electron chi connectivity index (χ0n) is 25.0. The Morgan fingerprint density at radius 3 is 2.49 bits per heavy atom. The zero-order valence-corrected chi connectivity index (χ0v) is 27.4. The number of aliphatic hydroxyl groups is 1. The minimum atomic E-state index is -0.846. The molecule has 43 heavy (non-hydrogen) atoms. The molecular formula is C34H40BrN3O4S. The Kier molecular flexibility index (Phi) is 9.26. The number of alkyl halides is 1. The third-order valence-electron chi connectivity index (χ3n) is 9.10. The van der Waals surface area contributed by atoms with Crippen LogP contribution in [0.2, 0.25) is 0 Å². The van der Waals surface area contributed by atoms with Gasteiger partial charge in [-0.1, -0.05) is 70.5 Å². The van der Waals surface area contributed by atoms with Crippen molar-refractivity contribution < 1.29 is 19.5 Å². The molecule has 0 radical (unpaired) electrons. The quantitative estimate of drug-likeness (QED) is 0.273. The van der Waals surface area contributed by atoms with Gasteiger partial charge in [-0.15, -0.1) is 24.9 Å². The summed E-state index contributed by atoms with van der Waals surface area (Å²) in [5, 5.41) is 10.1. The molecule has 1 N–H and O–H groups in total. The molecule has 2 bridgehead atoms. The van der Waals surface area contributed by atoms with Crippen LogP contribution >= 0.6 is 27.7 Å². The van der Waals surface area contributed by atoms with Crippen molar-refractivity contribution in [1.82, 2.24) is 9.80 Å². The summed E-state index contributed by atoms with van der Waals surface area (Å²) in [6.45, 7) is 14.3. The number of fused-ring (bicyclic) bond motifs is 1. The van der Waals surface area contributed by atoms with E-state index < -0.39 is 28.7 Å². The summed E-state index contributed by atoms with van der Waals surface area (Å²) in [6, 6.07) is 14.3. The first kappa shape index (κ1) is 31.5. The molecule has 2 aromatic rings. The highest BCUT2D eigenvalue weighted by Crippen LogP contribution is 2.68. The summed E-state index contributed by atoms with van der Waals surface area (Å²) in [6.07, 6.45) is 3.98. The smallest absolute Gasteiger partial charge is 0.251 e. The van der Waals surface area contributed by atoms with Gasteiger partial charge in [0, 0.05) is 35.4 Å². The van der Waals surface area contributed by atoms with Crippen LogP contribution < -0.4 is 4.90 Å². The fraction of sp³-hybridized carbons (Fsp3) is 0.441. The van der Waals surface area contributed by atoms with Crippen molar-refractivity contribution >= 4 is 51.1 Å². The van der Waals surface area contributed by atoms with Gasteiger partial charge < -0.3 is 19.8 Å². The van der Waals surface area contributed by atoms with Gasteiger partial charge >= 0.3 is 0 Å². The van der Waals surface area contributed by atoms with Crippen LogP contribution in [0.4, 0.5) is 5.69 Å². The Hall–Kier alpha value is -2.88. The lowest BCUT2D eigenvalue weighted by Crippen LogP contribution is -2.57. The molecule has 7 atom stereocenters. The third-order valence-corrected chi connectivity index (χ3v) is 12.3. The number of halogens is 1. The molecule has 0 aromatic heterocycles. The number of aryl methyl sites for hydroxylation is 2. The summed E-state index contributed by atoms with van der Waals surface area (Å²) in [5.41, 5.74) is 3.73. The van der Waals surface area contributed by atoms with E-state index in [1.54, 1.807) is 45.5 Å². The van der Waals surface area contributed by atoms with Crippen molar-refractivity contribution in [3.05, 3.63) is 90.5 Å². The number of hydrogen-bond donors (Lipinski definition) is 1. The molecule has 228 valence electrons. The Morgan fingerprint density at radius 1 is 1.14 bits per heavy atom. The van der Waals surface area contributed by atoms with E-state index in [4.69, 9.17) is 0 Å². The van der Waals surface area contributed by atoms with Crippen LogP contribution in [0.5, 0.6) is 0 Å². The van der Waals surface area contributed by atoms with Crippen LogP contribution in [0.15, 0.2) is 73.8 Å². The molecule has 5 rings (SSSR count). The predicted octanol–water partition coefficient (Wildman–Crippen LogP) is 4.88. The van der Waals surface area contributed by atoms with Crippen LogP contribution in [0.1, 0.15) is 30.0 Å². The van der Waals surface area contributed by atoms with Crippen LogP contribution in [0, 0.1) is 25.7 Å². The molecule has 0 saturated carbocycles. The second-order valence-corrected chi connectivity index (χ2v) is 14.7. The number of aliphatic hydroxyl groups excluding tert-OH is 1. The summed E-state index contributed by atoms with van der Waals surface area (Å²) in [7, 11) is 0. The van der Waals surface area contributed by atoms with E-state index in [9.17, 15) is 19.5 Å². The number of nitrogens with zero attached hydrogens (tertiary/aromatic N) is 3. The monoisotopic (exact) mass is 665 g/mol. The van der Waals surface area contributed by atoms with E-state index in [0.717, 1.165) is 22.4 Å². The molecule has 2 aromatic carbocycles. The minimum absolute atomic E-state index is 0.0500. The second-order valence-electron chi connectivity index (χ2n) is 12.0. The Morgan fingerprint density at radius 2 is 1.84 bits per heavy atom. The van der Waals surface area contributed by atoms with E-state index in [-0.39, 0.29) is 41.0 Å². The topological polar surface area (TPSA) is 81.2 Å². The molecule has 3 aliphatic rings. The largest absolute Gasteiger partial charge is 0.394 e. The fourth-order valence-corrected chi connectivity index (χ4v) is 10.8. The number of thioether (sulfide) groups is 1. The summed E-state index contributed by atoms with van der Waals surface area (Å²) in [4.78, 5) is 48.8. The normalized spacial score (nSPS) is 28.0. The van der Waals surface area contributed by atoms with E-state index in [2.05, 4.69) is 29.1 Å². The average molecular weight is 667 g/mol. The first-order chi connectivity index (χ1) is 20.6. The Labute approximate surface area is 267 Å². The van der Waals surface area contributed by atoms with Crippen molar-refractivity contribution in [2.45, 2.75) is 60.6 Å². The molecule has 3 fully saturated rings. The van der Waals surface area contributed by atoms with Gasteiger partial charge in [0.1, 0.15) is 6.04 Å². The predicted molar refractivity (Wildman–Crippen MR) is 176 cm³/mol. The van der Waals surface area contributed by atoms with Crippen molar-refractivity contribution in [2.24, 2.45) is 11.8 Å². The molecule has 7 nitrogen and oxygen atoms in total. The highest BCUT2D eigenvalue weighted by atomic mass is 79.9. The van der Waals surface area contributed by atoms with Crippen LogP contribution in [-0.4, -0.2) is 79.2 Å². The van der Waals surface area contributed by atoms with Gasteiger partial charge in [-0.25, -0.2) is 0 Å². The number of hydrogen-bond acceptors (Lipinski definition) is 5. The van der Waals surface area contributed by atoms with E-state index in [1.165, 1.54) is 0 Å². The maximum Gasteiger partial charge on any atom is 0.251 e. The van der Waals surface area contributed by atoms with Gasteiger partial charge in [0.25, 0.3) is 5.91 Å². The molecule has 3 amide bonds. The lowest BCUT2D eigenvalue weighted by atomic mass is 9.70. The second kappa shape index (κ2) is 12.6. The molecule has 3 unspecified atom stereocenters. The van der Waals surface area contributed by atoms with Crippen LogP contribution in [0.3, 0.4) is 0 Å². The number of carbonyl (C=O) groups excluding carboxylic acids is 3. The summed E-state index contributed by atoms with van der Waals surface area (Å²) >= 11 is 5.47. The molecule has 9 heteroatoms. The molecule has 1 spiro atoms. The lowest BCUT2D eigenvalue weighted by Gasteiger charge is -2.39. The van der Waals surface area contributed by atoms with Crippen LogP contribution in [-0.2, 0) is 20.9 Å².